The second-order valence-corrected chi connectivity index (χ2v) is 9.41. The molecule has 5 rings (SSSR count). The maximum Gasteiger partial charge on any atom is 0.235 e. The number of carbonyl (C=O) groups is 1. The smallest absolute Gasteiger partial charge is 0.235 e. The molecule has 0 unspecified atom stereocenters. The summed E-state index contributed by atoms with van der Waals surface area (Å²) in [4.78, 5) is 17.4. The number of anilines is 1. The van der Waals surface area contributed by atoms with Crippen LogP contribution in [-0.4, -0.2) is 40.1 Å². The molecule has 1 aliphatic heterocycles. The van der Waals surface area contributed by atoms with Gasteiger partial charge in [-0.3, -0.25) is 4.79 Å². The van der Waals surface area contributed by atoms with Crippen molar-refractivity contribution < 1.29 is 14.3 Å². The number of thiazole rings is 1. The molecule has 1 atom stereocenters. The van der Waals surface area contributed by atoms with Crippen LogP contribution in [0.5, 0.6) is 11.5 Å². The summed E-state index contributed by atoms with van der Waals surface area (Å²) in [6.07, 6.45) is 0. The minimum absolute atomic E-state index is 0.0560. The van der Waals surface area contributed by atoms with E-state index in [1.165, 1.54) is 0 Å². The molecule has 0 aliphatic carbocycles. The van der Waals surface area contributed by atoms with Crippen LogP contribution in [0.3, 0.4) is 0 Å². The number of ether oxygens (including phenoxy) is 2. The molecule has 0 radical (unpaired) electrons. The maximum absolute atomic E-state index is 12.6. The minimum Gasteiger partial charge on any atom is -0.493 e. The van der Waals surface area contributed by atoms with Gasteiger partial charge in [0.1, 0.15) is 5.82 Å². The summed E-state index contributed by atoms with van der Waals surface area (Å²) in [5.41, 5.74) is 3.78. The van der Waals surface area contributed by atoms with Crippen molar-refractivity contribution in [2.24, 2.45) is 0 Å². The van der Waals surface area contributed by atoms with Gasteiger partial charge in [-0.25, -0.2) is 4.98 Å². The van der Waals surface area contributed by atoms with E-state index in [2.05, 4.69) is 5.32 Å². The van der Waals surface area contributed by atoms with Crippen molar-refractivity contribution in [3.05, 3.63) is 59.3 Å². The first-order valence-corrected chi connectivity index (χ1v) is 12.1. The standard InChI is InChI=1S/C23H22N4O3S2/c1-4-30-17-11-14(9-10-16(17)29-3)21-20-13(2)26-27(22(20)25-19(28)12-31-21)23-24-15-7-5-6-8-18(15)32-23/h5-11,21H,4,12H2,1-3H3,(H,25,28)/t21-/m0/s1. The normalized spacial score (nSPS) is 15.8. The quantitative estimate of drug-likeness (QED) is 0.447. The van der Waals surface area contributed by atoms with Crippen LogP contribution in [0, 0.1) is 6.92 Å². The molecule has 3 heterocycles. The first-order valence-electron chi connectivity index (χ1n) is 10.3. The van der Waals surface area contributed by atoms with Gasteiger partial charge in [0.15, 0.2) is 11.5 Å². The van der Waals surface area contributed by atoms with Gasteiger partial charge in [-0.1, -0.05) is 29.5 Å². The molecule has 7 nitrogen and oxygen atoms in total. The number of hydrogen-bond acceptors (Lipinski definition) is 7. The van der Waals surface area contributed by atoms with Gasteiger partial charge in [-0.2, -0.15) is 9.78 Å². The van der Waals surface area contributed by atoms with Gasteiger partial charge in [0, 0.05) is 5.56 Å². The van der Waals surface area contributed by atoms with Crippen molar-refractivity contribution in [1.29, 1.82) is 0 Å². The second kappa shape index (κ2) is 8.48. The van der Waals surface area contributed by atoms with E-state index in [0.717, 1.165) is 32.2 Å². The maximum atomic E-state index is 12.6. The van der Waals surface area contributed by atoms with Gasteiger partial charge in [0.2, 0.25) is 11.0 Å². The fourth-order valence-electron chi connectivity index (χ4n) is 3.86. The lowest BCUT2D eigenvalue weighted by Gasteiger charge is -2.18. The Labute approximate surface area is 193 Å². The number of nitrogens with zero attached hydrogens (tertiary/aromatic N) is 3. The van der Waals surface area contributed by atoms with Crippen molar-refractivity contribution in [3.8, 4) is 16.6 Å². The number of fused-ring (bicyclic) bond motifs is 2. The third-order valence-corrected chi connectivity index (χ3v) is 7.54. The average molecular weight is 467 g/mol. The summed E-state index contributed by atoms with van der Waals surface area (Å²) < 4.78 is 14.1. The molecular weight excluding hydrogens is 444 g/mol. The van der Waals surface area contributed by atoms with Crippen LogP contribution in [0.25, 0.3) is 15.3 Å². The predicted octanol–water partition coefficient (Wildman–Crippen LogP) is 4.97. The Morgan fingerprint density at radius 1 is 1.22 bits per heavy atom. The monoisotopic (exact) mass is 466 g/mol. The molecule has 1 amide bonds. The molecule has 0 saturated heterocycles. The van der Waals surface area contributed by atoms with Crippen molar-refractivity contribution in [2.75, 3.05) is 24.8 Å². The SMILES string of the molecule is CCOc1cc([C@@H]2SCC(=O)Nc3c2c(C)nn3-c2nc3ccccc3s2)ccc1OC. The molecule has 0 spiro atoms. The molecular formula is C23H22N4O3S2. The fourth-order valence-corrected chi connectivity index (χ4v) is 5.96. The Hall–Kier alpha value is -3.04. The Morgan fingerprint density at radius 3 is 2.84 bits per heavy atom. The molecule has 0 saturated carbocycles. The number of carbonyl (C=O) groups excluding carboxylic acids is 1. The van der Waals surface area contributed by atoms with E-state index in [-0.39, 0.29) is 11.2 Å². The zero-order chi connectivity index (χ0) is 22.2. The summed E-state index contributed by atoms with van der Waals surface area (Å²) in [7, 11) is 1.63. The molecule has 9 heteroatoms. The molecule has 1 aliphatic rings. The van der Waals surface area contributed by atoms with Gasteiger partial charge in [-0.05, 0) is 43.7 Å². The van der Waals surface area contributed by atoms with Gasteiger partial charge >= 0.3 is 0 Å². The van der Waals surface area contributed by atoms with Crippen LogP contribution in [0.15, 0.2) is 42.5 Å². The lowest BCUT2D eigenvalue weighted by molar-refractivity contribution is -0.113. The summed E-state index contributed by atoms with van der Waals surface area (Å²) in [6, 6.07) is 13.9. The number of thioether (sulfide) groups is 1. The molecule has 2 aromatic carbocycles. The average Bonchev–Trinajstić information content (AvgIpc) is 3.30. The summed E-state index contributed by atoms with van der Waals surface area (Å²) in [5.74, 6) is 2.34. The van der Waals surface area contributed by atoms with E-state index >= 15 is 0 Å². The number of nitrogens with one attached hydrogen (secondary N) is 1. The van der Waals surface area contributed by atoms with E-state index in [9.17, 15) is 4.79 Å². The van der Waals surface area contributed by atoms with Crippen LogP contribution >= 0.6 is 23.1 Å². The van der Waals surface area contributed by atoms with Crippen LogP contribution in [0.1, 0.15) is 29.0 Å². The van der Waals surface area contributed by atoms with Crippen molar-refractivity contribution in [1.82, 2.24) is 14.8 Å². The Balaban J connectivity index is 1.65. The molecule has 0 fully saturated rings. The third-order valence-electron chi connectivity index (χ3n) is 5.26. The van der Waals surface area contributed by atoms with Crippen LogP contribution in [-0.2, 0) is 4.79 Å². The highest BCUT2D eigenvalue weighted by Gasteiger charge is 2.31. The first-order chi connectivity index (χ1) is 15.6. The van der Waals surface area contributed by atoms with Gasteiger partial charge in [0.25, 0.3) is 0 Å². The van der Waals surface area contributed by atoms with Crippen molar-refractivity contribution in [3.63, 3.8) is 0 Å². The largest absolute Gasteiger partial charge is 0.493 e. The number of rotatable bonds is 5. The number of benzene rings is 2. The minimum atomic E-state index is -0.0859. The zero-order valence-corrected chi connectivity index (χ0v) is 19.5. The number of hydrogen-bond donors (Lipinski definition) is 1. The lowest BCUT2D eigenvalue weighted by Crippen LogP contribution is -2.15. The van der Waals surface area contributed by atoms with Crippen LogP contribution in [0.4, 0.5) is 5.82 Å². The van der Waals surface area contributed by atoms with Gasteiger partial charge in [0.05, 0.1) is 40.6 Å². The third kappa shape index (κ3) is 3.61. The Bertz CT molecular complexity index is 1280. The number of aromatic nitrogens is 3. The summed E-state index contributed by atoms with van der Waals surface area (Å²) >= 11 is 3.13. The zero-order valence-electron chi connectivity index (χ0n) is 17.9. The van der Waals surface area contributed by atoms with E-state index in [1.807, 2.05) is 56.3 Å². The van der Waals surface area contributed by atoms with Crippen LogP contribution < -0.4 is 14.8 Å². The van der Waals surface area contributed by atoms with E-state index in [1.54, 1.807) is 34.9 Å². The van der Waals surface area contributed by atoms with Crippen LogP contribution in [0.2, 0.25) is 0 Å². The Kier molecular flexibility index (Phi) is 5.52. The van der Waals surface area contributed by atoms with Crippen molar-refractivity contribution in [2.45, 2.75) is 19.1 Å². The predicted molar refractivity (Wildman–Crippen MR) is 129 cm³/mol. The van der Waals surface area contributed by atoms with E-state index in [4.69, 9.17) is 19.6 Å². The molecule has 2 aromatic heterocycles. The second-order valence-electron chi connectivity index (χ2n) is 7.31. The number of para-hydroxylation sites is 1. The van der Waals surface area contributed by atoms with E-state index < -0.39 is 0 Å². The van der Waals surface area contributed by atoms with Crippen molar-refractivity contribution >= 4 is 45.0 Å². The number of aryl methyl sites for hydroxylation is 1. The highest BCUT2D eigenvalue weighted by molar-refractivity contribution is 8.00. The molecule has 0 bridgehead atoms. The summed E-state index contributed by atoms with van der Waals surface area (Å²) in [6.45, 7) is 4.46. The highest BCUT2D eigenvalue weighted by atomic mass is 32.2. The first kappa shape index (κ1) is 20.8. The highest BCUT2D eigenvalue weighted by Crippen LogP contribution is 2.46. The molecule has 32 heavy (non-hydrogen) atoms. The molecule has 164 valence electrons. The van der Waals surface area contributed by atoms with Gasteiger partial charge in [-0.15, -0.1) is 11.8 Å². The molecule has 1 N–H and O–H groups in total. The number of methoxy groups -OCH3 is 1. The fraction of sp³-hybridized carbons (Fsp3) is 0.261. The lowest BCUT2D eigenvalue weighted by atomic mass is 10.0. The number of amides is 1. The van der Waals surface area contributed by atoms with E-state index in [0.29, 0.717) is 29.7 Å². The summed E-state index contributed by atoms with van der Waals surface area (Å²) in [5, 5.41) is 8.49. The Morgan fingerprint density at radius 2 is 2.06 bits per heavy atom. The topological polar surface area (TPSA) is 78.3 Å². The van der Waals surface area contributed by atoms with Gasteiger partial charge < -0.3 is 14.8 Å². The molecule has 4 aromatic rings.